The fourth-order valence-electron chi connectivity index (χ4n) is 3.26. The van der Waals surface area contributed by atoms with E-state index in [9.17, 15) is 13.2 Å². The number of aromatic nitrogens is 6. The van der Waals surface area contributed by atoms with E-state index in [1.54, 1.807) is 18.5 Å². The summed E-state index contributed by atoms with van der Waals surface area (Å²) >= 11 is 5.82. The Morgan fingerprint density at radius 2 is 1.79 bits per heavy atom. The van der Waals surface area contributed by atoms with E-state index < -0.39 is 12.0 Å². The minimum Gasteiger partial charge on any atom is -0.355 e. The molecular weight excluding hydrogens is 397 g/mol. The maximum absolute atomic E-state index is 13.0. The molecule has 0 spiro atoms. The first-order valence-electron chi connectivity index (χ1n) is 8.58. The molecule has 148 valence electrons. The van der Waals surface area contributed by atoms with Crippen molar-refractivity contribution < 1.29 is 13.2 Å². The molecule has 12 heteroatoms. The average Bonchev–Trinajstić information content (AvgIpc) is 3.12. The maximum Gasteiger partial charge on any atom is 0.453 e. The molecule has 0 aliphatic carbocycles. The normalized spacial score (nSPS) is 16.0. The molecule has 0 radical (unpaired) electrons. The summed E-state index contributed by atoms with van der Waals surface area (Å²) < 4.78 is 39.9. The van der Waals surface area contributed by atoms with Crippen LogP contribution >= 0.6 is 11.6 Å². The van der Waals surface area contributed by atoms with Crippen LogP contribution in [-0.2, 0) is 6.18 Å². The van der Waals surface area contributed by atoms with Gasteiger partial charge in [0.1, 0.15) is 5.82 Å². The average molecular weight is 413 g/mol. The van der Waals surface area contributed by atoms with Gasteiger partial charge in [0.15, 0.2) is 5.65 Å². The van der Waals surface area contributed by atoms with Crippen molar-refractivity contribution in [3.63, 3.8) is 0 Å². The summed E-state index contributed by atoms with van der Waals surface area (Å²) in [5, 5.41) is 11.3. The second kappa shape index (κ2) is 7.04. The van der Waals surface area contributed by atoms with Crippen LogP contribution in [-0.4, -0.2) is 56.0 Å². The third-order valence-electron chi connectivity index (χ3n) is 4.76. The predicted octanol–water partition coefficient (Wildman–Crippen LogP) is 2.69. The molecule has 0 N–H and O–H groups in total. The lowest BCUT2D eigenvalue weighted by Crippen LogP contribution is -2.44. The van der Waals surface area contributed by atoms with Gasteiger partial charge in [-0.15, -0.1) is 15.3 Å². The highest BCUT2D eigenvalue weighted by Gasteiger charge is 2.38. The molecule has 0 amide bonds. The lowest BCUT2D eigenvalue weighted by molar-refractivity contribution is -0.146. The number of piperidine rings is 1. The Hall–Kier alpha value is -2.69. The minimum absolute atomic E-state index is 0.0607. The van der Waals surface area contributed by atoms with Crippen molar-refractivity contribution in [2.45, 2.75) is 25.1 Å². The predicted molar refractivity (Wildman–Crippen MR) is 96.5 cm³/mol. The highest BCUT2D eigenvalue weighted by atomic mass is 35.5. The molecule has 3 aromatic rings. The summed E-state index contributed by atoms with van der Waals surface area (Å²) in [4.78, 5) is 12.4. The van der Waals surface area contributed by atoms with Gasteiger partial charge >= 0.3 is 6.18 Å². The number of alkyl halides is 3. The lowest BCUT2D eigenvalue weighted by Gasteiger charge is -2.37. The number of hydrogen-bond donors (Lipinski definition) is 0. The number of fused-ring (bicyclic) bond motifs is 1. The fraction of sp³-hybridized carbons (Fsp3) is 0.438. The van der Waals surface area contributed by atoms with Crippen molar-refractivity contribution in [3.05, 3.63) is 35.4 Å². The molecular formula is C16H16ClF3N8. The van der Waals surface area contributed by atoms with Gasteiger partial charge in [-0.2, -0.15) is 17.7 Å². The Morgan fingerprint density at radius 1 is 1.11 bits per heavy atom. The Morgan fingerprint density at radius 3 is 2.43 bits per heavy atom. The van der Waals surface area contributed by atoms with E-state index in [0.717, 1.165) is 17.4 Å². The minimum atomic E-state index is -4.61. The third kappa shape index (κ3) is 3.53. The van der Waals surface area contributed by atoms with E-state index in [1.807, 2.05) is 16.8 Å². The molecule has 0 unspecified atom stereocenters. The topological polar surface area (TPSA) is 75.3 Å². The number of nitrogens with zero attached hydrogens (tertiary/aromatic N) is 8. The van der Waals surface area contributed by atoms with Crippen molar-refractivity contribution in [2.24, 2.45) is 0 Å². The van der Waals surface area contributed by atoms with Gasteiger partial charge in [0.05, 0.1) is 17.4 Å². The smallest absolute Gasteiger partial charge is 0.355 e. The van der Waals surface area contributed by atoms with Gasteiger partial charge in [-0.25, -0.2) is 9.97 Å². The van der Waals surface area contributed by atoms with Crippen LogP contribution in [0.5, 0.6) is 0 Å². The zero-order valence-corrected chi connectivity index (χ0v) is 15.6. The van der Waals surface area contributed by atoms with Crippen LogP contribution in [0.2, 0.25) is 5.02 Å². The first-order valence-corrected chi connectivity index (χ1v) is 8.96. The maximum atomic E-state index is 13.0. The van der Waals surface area contributed by atoms with E-state index in [-0.39, 0.29) is 11.7 Å². The molecule has 0 saturated carbocycles. The van der Waals surface area contributed by atoms with Crippen molar-refractivity contribution in [1.82, 2.24) is 29.8 Å². The van der Waals surface area contributed by atoms with Crippen molar-refractivity contribution >= 4 is 29.0 Å². The molecule has 3 aromatic heterocycles. The number of hydrogen-bond acceptors (Lipinski definition) is 7. The lowest BCUT2D eigenvalue weighted by atomic mass is 10.0. The quantitative estimate of drug-likeness (QED) is 0.654. The second-order valence-corrected chi connectivity index (χ2v) is 6.95. The highest BCUT2D eigenvalue weighted by molar-refractivity contribution is 6.30. The molecule has 1 fully saturated rings. The van der Waals surface area contributed by atoms with Crippen LogP contribution in [0.15, 0.2) is 24.5 Å². The monoisotopic (exact) mass is 412 g/mol. The van der Waals surface area contributed by atoms with Gasteiger partial charge in [-0.1, -0.05) is 11.6 Å². The molecule has 0 aromatic carbocycles. The summed E-state index contributed by atoms with van der Waals surface area (Å²) in [6.07, 6.45) is 0.0600. The van der Waals surface area contributed by atoms with Gasteiger partial charge in [0.2, 0.25) is 5.95 Å². The van der Waals surface area contributed by atoms with Crippen LogP contribution in [0.1, 0.15) is 18.7 Å². The van der Waals surface area contributed by atoms with Gasteiger partial charge < -0.3 is 9.80 Å². The third-order valence-corrected chi connectivity index (χ3v) is 4.96. The van der Waals surface area contributed by atoms with E-state index >= 15 is 0 Å². The van der Waals surface area contributed by atoms with Crippen LogP contribution < -0.4 is 9.80 Å². The molecule has 1 aliphatic rings. The van der Waals surface area contributed by atoms with Gasteiger partial charge in [-0.05, 0) is 25.0 Å². The first kappa shape index (κ1) is 18.7. The van der Waals surface area contributed by atoms with Crippen LogP contribution in [0.25, 0.3) is 5.65 Å². The van der Waals surface area contributed by atoms with Crippen LogP contribution in [0.4, 0.5) is 24.9 Å². The zero-order valence-electron chi connectivity index (χ0n) is 14.8. The molecule has 1 aliphatic heterocycles. The Bertz CT molecular complexity index is 966. The standard InChI is InChI=1S/C16H16ClF3N8/c1-26(15-21-8-10(17)9-22-15)11-4-6-27(7-5-11)13-3-2-12-23-24-14(16(18,19)20)28(12)25-13/h2-3,8-9,11H,4-7H2,1H3. The van der Waals surface area contributed by atoms with Crippen LogP contribution in [0, 0.1) is 0 Å². The van der Waals surface area contributed by atoms with Crippen LogP contribution in [0.3, 0.4) is 0 Å². The Labute approximate surface area is 163 Å². The molecule has 8 nitrogen and oxygen atoms in total. The van der Waals surface area contributed by atoms with Gasteiger partial charge in [0, 0.05) is 26.2 Å². The zero-order chi connectivity index (χ0) is 19.9. The van der Waals surface area contributed by atoms with Gasteiger partial charge in [-0.3, -0.25) is 0 Å². The number of anilines is 2. The summed E-state index contributed by atoms with van der Waals surface area (Å²) in [5.41, 5.74) is 0.0607. The molecule has 4 heterocycles. The summed E-state index contributed by atoms with van der Waals surface area (Å²) in [7, 11) is 1.92. The SMILES string of the molecule is CN(c1ncc(Cl)cn1)C1CCN(c2ccc3nnc(C(F)(F)F)n3n2)CC1. The van der Waals surface area contributed by atoms with Crippen molar-refractivity contribution in [1.29, 1.82) is 0 Å². The number of rotatable bonds is 3. The molecule has 0 bridgehead atoms. The molecule has 0 atom stereocenters. The Kier molecular flexibility index (Phi) is 4.69. The fourth-order valence-corrected chi connectivity index (χ4v) is 3.36. The summed E-state index contributed by atoms with van der Waals surface area (Å²) in [5.74, 6) is -0.0813. The van der Waals surface area contributed by atoms with Crippen molar-refractivity contribution in [2.75, 3.05) is 29.9 Å². The summed E-state index contributed by atoms with van der Waals surface area (Å²) in [6.45, 7) is 1.29. The molecule has 28 heavy (non-hydrogen) atoms. The highest BCUT2D eigenvalue weighted by Crippen LogP contribution is 2.28. The Balaban J connectivity index is 1.48. The largest absolute Gasteiger partial charge is 0.453 e. The van der Waals surface area contributed by atoms with E-state index in [0.29, 0.717) is 29.9 Å². The summed E-state index contributed by atoms with van der Waals surface area (Å²) in [6, 6.07) is 3.36. The van der Waals surface area contributed by atoms with Crippen molar-refractivity contribution in [3.8, 4) is 0 Å². The van der Waals surface area contributed by atoms with E-state index in [1.165, 1.54) is 6.07 Å². The van der Waals surface area contributed by atoms with E-state index in [2.05, 4.69) is 25.3 Å². The molecule has 4 rings (SSSR count). The number of halogens is 4. The molecule has 1 saturated heterocycles. The van der Waals surface area contributed by atoms with E-state index in [4.69, 9.17) is 11.6 Å². The van der Waals surface area contributed by atoms with Gasteiger partial charge in [0.25, 0.3) is 5.82 Å². The second-order valence-electron chi connectivity index (χ2n) is 6.51. The first-order chi connectivity index (χ1) is 13.3.